The summed E-state index contributed by atoms with van der Waals surface area (Å²) in [6, 6.07) is 8.58. The molecule has 0 aliphatic carbocycles. The normalized spacial score (nSPS) is 10.0. The van der Waals surface area contributed by atoms with Crippen molar-refractivity contribution in [1.29, 1.82) is 0 Å². The number of aromatic nitrogens is 1. The smallest absolute Gasteiger partial charge is 0.259 e. The molecule has 0 atom stereocenters. The molecule has 98 valence electrons. The van der Waals surface area contributed by atoms with Crippen LogP contribution in [0.25, 0.3) is 0 Å². The number of nitrogens with one attached hydrogen (secondary N) is 1. The summed E-state index contributed by atoms with van der Waals surface area (Å²) in [4.78, 5) is 16.3. The molecule has 1 amide bonds. The van der Waals surface area contributed by atoms with E-state index in [9.17, 15) is 4.79 Å². The number of hydrogen-bond acceptors (Lipinski definition) is 4. The summed E-state index contributed by atoms with van der Waals surface area (Å²) >= 11 is 0. The Morgan fingerprint density at radius 2 is 2.16 bits per heavy atom. The highest BCUT2D eigenvalue weighted by Crippen LogP contribution is 2.26. The van der Waals surface area contributed by atoms with E-state index in [1.165, 1.54) is 7.11 Å². The van der Waals surface area contributed by atoms with E-state index in [1.54, 1.807) is 36.5 Å². The quantitative estimate of drug-likeness (QED) is 0.827. The number of carbonyl (C=O) groups is 1. The van der Waals surface area contributed by atoms with E-state index < -0.39 is 0 Å². The molecule has 0 aliphatic rings. The van der Waals surface area contributed by atoms with Crippen LogP contribution in [0, 0.1) is 6.92 Å². The SMILES string of the molecule is COc1c(N)cccc1C(=O)Nc1ccnc(C)c1. The van der Waals surface area contributed by atoms with Gasteiger partial charge < -0.3 is 15.8 Å². The summed E-state index contributed by atoms with van der Waals surface area (Å²) in [7, 11) is 1.49. The van der Waals surface area contributed by atoms with Crippen molar-refractivity contribution in [2.75, 3.05) is 18.2 Å². The minimum absolute atomic E-state index is 0.269. The van der Waals surface area contributed by atoms with Crippen LogP contribution in [0.15, 0.2) is 36.5 Å². The monoisotopic (exact) mass is 257 g/mol. The molecule has 5 nitrogen and oxygen atoms in total. The third-order valence-corrected chi connectivity index (χ3v) is 2.65. The highest BCUT2D eigenvalue weighted by atomic mass is 16.5. The Morgan fingerprint density at radius 1 is 1.37 bits per heavy atom. The molecule has 1 aromatic heterocycles. The third-order valence-electron chi connectivity index (χ3n) is 2.65. The van der Waals surface area contributed by atoms with Crippen molar-refractivity contribution in [2.24, 2.45) is 0 Å². The van der Waals surface area contributed by atoms with Crippen molar-refractivity contribution in [2.45, 2.75) is 6.92 Å². The van der Waals surface area contributed by atoms with Crippen molar-refractivity contribution < 1.29 is 9.53 Å². The maximum atomic E-state index is 12.2. The highest BCUT2D eigenvalue weighted by molar-refractivity contribution is 6.07. The molecule has 0 saturated carbocycles. The van der Waals surface area contributed by atoms with Crippen LogP contribution in [-0.4, -0.2) is 18.0 Å². The second-order valence-corrected chi connectivity index (χ2v) is 4.07. The molecule has 0 bridgehead atoms. The van der Waals surface area contributed by atoms with Gasteiger partial charge in [-0.15, -0.1) is 0 Å². The van der Waals surface area contributed by atoms with Crippen LogP contribution in [0.4, 0.5) is 11.4 Å². The average Bonchev–Trinajstić information content (AvgIpc) is 2.38. The van der Waals surface area contributed by atoms with Gasteiger partial charge in [-0.2, -0.15) is 0 Å². The Bertz CT molecular complexity index is 611. The summed E-state index contributed by atoms with van der Waals surface area (Å²) in [6.07, 6.45) is 1.64. The number of ether oxygens (including phenoxy) is 1. The van der Waals surface area contributed by atoms with E-state index in [-0.39, 0.29) is 5.91 Å². The fourth-order valence-corrected chi connectivity index (χ4v) is 1.78. The molecule has 0 radical (unpaired) electrons. The number of benzene rings is 1. The topological polar surface area (TPSA) is 77.2 Å². The van der Waals surface area contributed by atoms with Gasteiger partial charge in [0.05, 0.1) is 18.4 Å². The fraction of sp³-hybridized carbons (Fsp3) is 0.143. The molecule has 3 N–H and O–H groups in total. The number of aryl methyl sites for hydroxylation is 1. The molecule has 19 heavy (non-hydrogen) atoms. The van der Waals surface area contributed by atoms with Gasteiger partial charge in [-0.3, -0.25) is 9.78 Å². The number of hydrogen-bond donors (Lipinski definition) is 2. The summed E-state index contributed by atoms with van der Waals surface area (Å²) < 4.78 is 5.16. The van der Waals surface area contributed by atoms with Crippen molar-refractivity contribution in [3.8, 4) is 5.75 Å². The predicted molar refractivity (Wildman–Crippen MR) is 74.3 cm³/mol. The number of carbonyl (C=O) groups excluding carboxylic acids is 1. The summed E-state index contributed by atoms with van der Waals surface area (Å²) in [5.41, 5.74) is 8.12. The Labute approximate surface area is 111 Å². The molecular formula is C14H15N3O2. The van der Waals surface area contributed by atoms with Gasteiger partial charge in [0.1, 0.15) is 0 Å². The zero-order valence-corrected chi connectivity index (χ0v) is 10.8. The van der Waals surface area contributed by atoms with Crippen LogP contribution in [0.5, 0.6) is 5.75 Å². The number of nitrogens with zero attached hydrogens (tertiary/aromatic N) is 1. The lowest BCUT2D eigenvalue weighted by atomic mass is 10.1. The number of anilines is 2. The molecule has 0 spiro atoms. The lowest BCUT2D eigenvalue weighted by Gasteiger charge is -2.11. The van der Waals surface area contributed by atoms with Gasteiger partial charge in [-0.05, 0) is 31.2 Å². The maximum absolute atomic E-state index is 12.2. The average molecular weight is 257 g/mol. The molecule has 1 aromatic carbocycles. The minimum atomic E-state index is -0.269. The van der Waals surface area contributed by atoms with E-state index in [0.717, 1.165) is 5.69 Å². The first-order chi connectivity index (χ1) is 9.11. The van der Waals surface area contributed by atoms with Gasteiger partial charge in [0.25, 0.3) is 5.91 Å². The lowest BCUT2D eigenvalue weighted by Crippen LogP contribution is -2.14. The number of rotatable bonds is 3. The Balaban J connectivity index is 2.28. The highest BCUT2D eigenvalue weighted by Gasteiger charge is 2.14. The summed E-state index contributed by atoms with van der Waals surface area (Å²) in [6.45, 7) is 1.86. The van der Waals surface area contributed by atoms with Crippen LogP contribution in [-0.2, 0) is 0 Å². The lowest BCUT2D eigenvalue weighted by molar-refractivity contribution is 0.102. The zero-order valence-electron chi connectivity index (χ0n) is 10.8. The van der Waals surface area contributed by atoms with Crippen LogP contribution in [0.1, 0.15) is 16.1 Å². The Morgan fingerprint density at radius 3 is 2.84 bits per heavy atom. The molecule has 2 rings (SSSR count). The molecule has 0 aliphatic heterocycles. The Hall–Kier alpha value is -2.56. The maximum Gasteiger partial charge on any atom is 0.259 e. The van der Waals surface area contributed by atoms with Crippen molar-refractivity contribution in [1.82, 2.24) is 4.98 Å². The van der Waals surface area contributed by atoms with Crippen LogP contribution in [0.2, 0.25) is 0 Å². The predicted octanol–water partition coefficient (Wildman–Crippen LogP) is 2.23. The zero-order chi connectivity index (χ0) is 13.8. The number of pyridine rings is 1. The van der Waals surface area contributed by atoms with Crippen molar-refractivity contribution in [3.63, 3.8) is 0 Å². The molecule has 2 aromatic rings. The molecule has 0 fully saturated rings. The van der Waals surface area contributed by atoms with Gasteiger partial charge >= 0.3 is 0 Å². The van der Waals surface area contributed by atoms with Gasteiger partial charge in [0, 0.05) is 17.6 Å². The first-order valence-electron chi connectivity index (χ1n) is 5.78. The minimum Gasteiger partial charge on any atom is -0.494 e. The molecule has 1 heterocycles. The first kappa shape index (κ1) is 12.9. The largest absolute Gasteiger partial charge is 0.494 e. The second kappa shape index (κ2) is 5.39. The molecule has 5 heteroatoms. The number of nitrogens with two attached hydrogens (primary N) is 1. The van der Waals surface area contributed by atoms with E-state index in [4.69, 9.17) is 10.5 Å². The van der Waals surface area contributed by atoms with Crippen LogP contribution >= 0.6 is 0 Å². The van der Waals surface area contributed by atoms with Gasteiger partial charge in [0.15, 0.2) is 5.75 Å². The van der Waals surface area contributed by atoms with Crippen LogP contribution < -0.4 is 15.8 Å². The molecule has 0 saturated heterocycles. The van der Waals surface area contributed by atoms with Crippen molar-refractivity contribution >= 4 is 17.3 Å². The Kier molecular flexibility index (Phi) is 3.66. The number of methoxy groups -OCH3 is 1. The summed E-state index contributed by atoms with van der Waals surface area (Å²) in [5.74, 6) is 0.112. The van der Waals surface area contributed by atoms with Gasteiger partial charge in [-0.1, -0.05) is 6.07 Å². The summed E-state index contributed by atoms with van der Waals surface area (Å²) in [5, 5.41) is 2.79. The van der Waals surface area contributed by atoms with Gasteiger partial charge in [0.2, 0.25) is 0 Å². The van der Waals surface area contributed by atoms with Gasteiger partial charge in [-0.25, -0.2) is 0 Å². The molecule has 0 unspecified atom stereocenters. The van der Waals surface area contributed by atoms with E-state index in [2.05, 4.69) is 10.3 Å². The van der Waals surface area contributed by atoms with Crippen LogP contribution in [0.3, 0.4) is 0 Å². The number of nitrogen functional groups attached to an aromatic ring is 1. The van der Waals surface area contributed by atoms with Crippen molar-refractivity contribution in [3.05, 3.63) is 47.8 Å². The first-order valence-corrected chi connectivity index (χ1v) is 5.78. The number of para-hydroxylation sites is 1. The molecular weight excluding hydrogens is 242 g/mol. The second-order valence-electron chi connectivity index (χ2n) is 4.07. The van der Waals surface area contributed by atoms with E-state index in [0.29, 0.717) is 22.7 Å². The van der Waals surface area contributed by atoms with E-state index >= 15 is 0 Å². The third kappa shape index (κ3) is 2.82. The number of amides is 1. The standard InChI is InChI=1S/C14H15N3O2/c1-9-8-10(6-7-16-9)17-14(18)11-4-3-5-12(15)13(11)19-2/h3-8H,15H2,1-2H3,(H,16,17,18). The fourth-order valence-electron chi connectivity index (χ4n) is 1.78. The van der Waals surface area contributed by atoms with E-state index in [1.807, 2.05) is 6.92 Å².